The van der Waals surface area contributed by atoms with E-state index < -0.39 is 15.8 Å². The van der Waals surface area contributed by atoms with Crippen molar-refractivity contribution >= 4 is 61.1 Å². The fourth-order valence-corrected chi connectivity index (χ4v) is 6.27. The molecule has 0 saturated carbocycles. The second kappa shape index (κ2) is 12.7. The lowest BCUT2D eigenvalue weighted by Crippen LogP contribution is -2.50. The molecule has 0 bridgehead atoms. The van der Waals surface area contributed by atoms with Crippen molar-refractivity contribution in [2.24, 2.45) is 7.05 Å². The molecule has 2 heterocycles. The lowest BCUT2D eigenvalue weighted by molar-refractivity contribution is -0.133. The van der Waals surface area contributed by atoms with E-state index in [-0.39, 0.29) is 17.4 Å². The molecule has 0 aliphatic carbocycles. The molecule has 1 amide bonds. The molecule has 12 heteroatoms. The van der Waals surface area contributed by atoms with Crippen molar-refractivity contribution in [3.05, 3.63) is 84.3 Å². The molecule has 1 aliphatic rings. The fourth-order valence-electron chi connectivity index (χ4n) is 4.94. The van der Waals surface area contributed by atoms with E-state index in [2.05, 4.69) is 46.8 Å². The van der Waals surface area contributed by atoms with Crippen LogP contribution in [0.3, 0.4) is 0 Å². The van der Waals surface area contributed by atoms with Gasteiger partial charge >= 0.3 is 0 Å². The Balaban J connectivity index is 1.13. The fraction of sp³-hybridized carbons (Fsp3) is 0.276. The highest BCUT2D eigenvalue weighted by atomic mass is 127. The summed E-state index contributed by atoms with van der Waals surface area (Å²) in [6, 6.07) is 17.7. The number of amides is 1. The van der Waals surface area contributed by atoms with Gasteiger partial charge in [-0.1, -0.05) is 0 Å². The van der Waals surface area contributed by atoms with Crippen molar-refractivity contribution in [2.75, 3.05) is 49.0 Å². The van der Waals surface area contributed by atoms with Crippen molar-refractivity contribution in [1.29, 1.82) is 0 Å². The maximum absolute atomic E-state index is 13.1. The highest BCUT2D eigenvalue weighted by Crippen LogP contribution is 2.26. The van der Waals surface area contributed by atoms with Crippen LogP contribution in [0.5, 0.6) is 5.75 Å². The maximum atomic E-state index is 13.1. The van der Waals surface area contributed by atoms with Crippen molar-refractivity contribution in [3.63, 3.8) is 0 Å². The van der Waals surface area contributed by atoms with Crippen molar-refractivity contribution in [2.45, 2.75) is 11.3 Å². The van der Waals surface area contributed by atoms with E-state index in [9.17, 15) is 17.6 Å². The smallest absolute Gasteiger partial charge is 0.261 e. The summed E-state index contributed by atoms with van der Waals surface area (Å²) in [6.45, 7) is 3.27. The van der Waals surface area contributed by atoms with E-state index in [1.54, 1.807) is 17.0 Å². The number of halogens is 2. The standard InChI is InChI=1S/C29H31FIN5O4S/c1-34-19-21(12-13-32-31)27-18-25(8-11-28(27)34)40-20-29(37)36-16-14-35(15-17-36)24-6-4-23(5-7-24)33-41(38,39)26-9-2-22(30)3-10-26/h2-11,18-19,32-33H,12-17,20H2,1H3. The molecule has 0 spiro atoms. The van der Waals surface area contributed by atoms with Gasteiger partial charge in [-0.15, -0.1) is 0 Å². The minimum absolute atomic E-state index is 0.0117. The van der Waals surface area contributed by atoms with Gasteiger partial charge in [0.1, 0.15) is 11.6 Å². The van der Waals surface area contributed by atoms with Gasteiger partial charge in [-0.25, -0.2) is 12.8 Å². The highest BCUT2D eigenvalue weighted by Gasteiger charge is 2.22. The number of anilines is 2. The molecular formula is C29H31FIN5O4S. The summed E-state index contributed by atoms with van der Waals surface area (Å²) < 4.78 is 51.9. The minimum Gasteiger partial charge on any atom is -0.484 e. The van der Waals surface area contributed by atoms with Crippen LogP contribution in [0.2, 0.25) is 0 Å². The first-order valence-corrected chi connectivity index (χ1v) is 15.7. The van der Waals surface area contributed by atoms with Crippen LogP contribution in [0.4, 0.5) is 15.8 Å². The monoisotopic (exact) mass is 691 g/mol. The first kappa shape index (κ1) is 29.1. The normalized spacial score (nSPS) is 13.9. The first-order chi connectivity index (χ1) is 19.7. The molecule has 1 aromatic heterocycles. The zero-order valence-electron chi connectivity index (χ0n) is 22.5. The van der Waals surface area contributed by atoms with Crippen LogP contribution in [0.15, 0.2) is 77.8 Å². The Morgan fingerprint density at radius 3 is 2.39 bits per heavy atom. The molecule has 216 valence electrons. The average Bonchev–Trinajstić information content (AvgIpc) is 3.29. The van der Waals surface area contributed by atoms with Crippen molar-refractivity contribution < 1.29 is 22.3 Å². The number of benzene rings is 3. The van der Waals surface area contributed by atoms with Crippen molar-refractivity contribution in [3.8, 4) is 5.75 Å². The van der Waals surface area contributed by atoms with Crippen LogP contribution in [-0.2, 0) is 28.3 Å². The number of carbonyl (C=O) groups is 1. The van der Waals surface area contributed by atoms with Gasteiger partial charge in [-0.3, -0.25) is 13.0 Å². The number of nitrogens with zero attached hydrogens (tertiary/aromatic N) is 3. The van der Waals surface area contributed by atoms with Crippen LogP contribution in [0.25, 0.3) is 10.9 Å². The number of ether oxygens (including phenoxy) is 1. The zero-order valence-corrected chi connectivity index (χ0v) is 25.5. The van der Waals surface area contributed by atoms with Gasteiger partial charge in [0, 0.05) is 91.1 Å². The van der Waals surface area contributed by atoms with E-state index in [1.165, 1.54) is 17.7 Å². The van der Waals surface area contributed by atoms with E-state index in [4.69, 9.17) is 4.74 Å². The van der Waals surface area contributed by atoms with Crippen LogP contribution < -0.4 is 17.9 Å². The lowest BCUT2D eigenvalue weighted by Gasteiger charge is -2.36. The number of aryl methyl sites for hydroxylation is 1. The van der Waals surface area contributed by atoms with Gasteiger partial charge in [0.25, 0.3) is 15.9 Å². The predicted octanol–water partition coefficient (Wildman–Crippen LogP) is 4.33. The molecule has 0 atom stereocenters. The van der Waals surface area contributed by atoms with Crippen molar-refractivity contribution in [1.82, 2.24) is 13.0 Å². The van der Waals surface area contributed by atoms with E-state index in [1.807, 2.05) is 37.4 Å². The predicted molar refractivity (Wildman–Crippen MR) is 167 cm³/mol. The van der Waals surface area contributed by atoms with Crippen LogP contribution in [0, 0.1) is 5.82 Å². The Kier molecular flexibility index (Phi) is 9.00. The average molecular weight is 692 g/mol. The van der Waals surface area contributed by atoms with Gasteiger partial charge in [0.15, 0.2) is 6.61 Å². The topological polar surface area (TPSA) is 95.9 Å². The molecule has 1 aliphatic heterocycles. The summed E-state index contributed by atoms with van der Waals surface area (Å²) in [7, 11) is -1.79. The molecule has 0 radical (unpaired) electrons. The van der Waals surface area contributed by atoms with Gasteiger partial charge < -0.3 is 19.1 Å². The number of rotatable bonds is 10. The van der Waals surface area contributed by atoms with Crippen LogP contribution >= 0.6 is 22.9 Å². The Bertz CT molecular complexity index is 1620. The summed E-state index contributed by atoms with van der Waals surface area (Å²) in [5.41, 5.74) is 3.70. The molecule has 41 heavy (non-hydrogen) atoms. The third kappa shape index (κ3) is 6.93. The maximum Gasteiger partial charge on any atom is 0.261 e. The second-order valence-corrected chi connectivity index (χ2v) is 12.3. The number of fused-ring (bicyclic) bond motifs is 1. The summed E-state index contributed by atoms with van der Waals surface area (Å²) in [6.07, 6.45) is 3.04. The van der Waals surface area contributed by atoms with Gasteiger partial charge in [-0.2, -0.15) is 0 Å². The molecule has 1 fully saturated rings. The van der Waals surface area contributed by atoms with Crippen LogP contribution in [0.1, 0.15) is 5.56 Å². The quantitative estimate of drug-likeness (QED) is 0.190. The van der Waals surface area contributed by atoms with E-state index in [0.29, 0.717) is 37.6 Å². The highest BCUT2D eigenvalue weighted by molar-refractivity contribution is 14.1. The summed E-state index contributed by atoms with van der Waals surface area (Å²) in [5.74, 6) is 0.119. The number of hydrogen-bond donors (Lipinski definition) is 2. The largest absolute Gasteiger partial charge is 0.484 e. The zero-order chi connectivity index (χ0) is 29.0. The third-order valence-electron chi connectivity index (χ3n) is 7.14. The lowest BCUT2D eigenvalue weighted by atomic mass is 10.1. The molecular weight excluding hydrogens is 660 g/mol. The minimum atomic E-state index is -3.82. The molecule has 5 rings (SSSR count). The Morgan fingerprint density at radius 1 is 1.00 bits per heavy atom. The number of sulfonamides is 1. The van der Waals surface area contributed by atoms with E-state index >= 15 is 0 Å². The van der Waals surface area contributed by atoms with Gasteiger partial charge in [0.05, 0.1) is 4.90 Å². The third-order valence-corrected chi connectivity index (χ3v) is 9.07. The van der Waals surface area contributed by atoms with Gasteiger partial charge in [0.2, 0.25) is 0 Å². The molecule has 4 aromatic rings. The summed E-state index contributed by atoms with van der Waals surface area (Å²) >= 11 is 2.15. The summed E-state index contributed by atoms with van der Waals surface area (Å²) in [4.78, 5) is 16.8. The van der Waals surface area contributed by atoms with E-state index in [0.717, 1.165) is 41.7 Å². The Labute approximate surface area is 252 Å². The molecule has 3 aromatic carbocycles. The summed E-state index contributed by atoms with van der Waals surface area (Å²) in [5, 5.41) is 1.13. The molecule has 2 N–H and O–H groups in total. The Morgan fingerprint density at radius 2 is 1.71 bits per heavy atom. The van der Waals surface area contributed by atoms with Crippen LogP contribution in [-0.4, -0.2) is 63.1 Å². The molecule has 1 saturated heterocycles. The molecule has 9 nitrogen and oxygen atoms in total. The Hall–Kier alpha value is -3.36. The first-order valence-electron chi connectivity index (χ1n) is 13.2. The number of nitrogens with one attached hydrogen (secondary N) is 2. The second-order valence-electron chi connectivity index (χ2n) is 9.84. The number of hydrogen-bond acceptors (Lipinski definition) is 6. The molecule has 0 unspecified atom stereocenters. The SMILES string of the molecule is Cn1cc(CCNI)c2cc(OCC(=O)N3CCN(c4ccc(NS(=O)(=O)c5ccc(F)cc5)cc4)CC3)ccc21. The number of piperazine rings is 1. The number of carbonyl (C=O) groups excluding carboxylic acids is 1. The van der Waals surface area contributed by atoms with Gasteiger partial charge in [-0.05, 0) is 78.7 Å². The number of aromatic nitrogens is 1.